The van der Waals surface area contributed by atoms with E-state index in [1.807, 2.05) is 6.07 Å². The van der Waals surface area contributed by atoms with Gasteiger partial charge in [0.2, 0.25) is 0 Å². The van der Waals surface area contributed by atoms with Gasteiger partial charge >= 0.3 is 0 Å². The molecular formula is C28H30F3N. The molecule has 32 heavy (non-hydrogen) atoms. The Labute approximate surface area is 189 Å². The molecule has 2 aliphatic carbocycles. The second-order valence-corrected chi connectivity index (χ2v) is 9.36. The van der Waals surface area contributed by atoms with E-state index in [1.165, 1.54) is 43.9 Å². The van der Waals surface area contributed by atoms with E-state index in [-0.39, 0.29) is 29.9 Å². The Morgan fingerprint density at radius 3 is 2.38 bits per heavy atom. The third-order valence-electron chi connectivity index (χ3n) is 7.31. The number of unbranched alkanes of at least 4 members (excludes halogenated alkanes) is 2. The standard InChI is InChI=1S/C28H30F3N/c1-2-3-4-5-18-6-8-19(9-7-18)23-15-25(29)27(26(30)16-23)21-12-13-24-20(14-21)10-11-22(17-32)28(24)31/h10-12,15-16,18-19H,2-9,13-14H2,1H3. The van der Waals surface area contributed by atoms with Crippen molar-refractivity contribution in [3.05, 3.63) is 75.6 Å². The monoisotopic (exact) mass is 437 g/mol. The van der Waals surface area contributed by atoms with Gasteiger partial charge in [-0.2, -0.15) is 5.26 Å². The van der Waals surface area contributed by atoms with E-state index in [9.17, 15) is 4.39 Å². The lowest BCUT2D eigenvalue weighted by atomic mass is 9.76. The summed E-state index contributed by atoms with van der Waals surface area (Å²) in [5.41, 5.74) is 2.43. The quantitative estimate of drug-likeness (QED) is 0.420. The first-order valence-electron chi connectivity index (χ1n) is 11.9. The Hall–Kier alpha value is -2.54. The Morgan fingerprint density at radius 1 is 1.00 bits per heavy atom. The molecule has 2 aromatic rings. The van der Waals surface area contributed by atoms with Crippen LogP contribution in [0.25, 0.3) is 5.57 Å². The van der Waals surface area contributed by atoms with Crippen LogP contribution in [0.1, 0.15) is 92.0 Å². The van der Waals surface area contributed by atoms with Crippen LogP contribution in [0.3, 0.4) is 0 Å². The smallest absolute Gasteiger partial charge is 0.144 e. The second-order valence-electron chi connectivity index (χ2n) is 9.36. The minimum Gasteiger partial charge on any atom is -0.206 e. The lowest BCUT2D eigenvalue weighted by molar-refractivity contribution is 0.302. The molecule has 1 fully saturated rings. The SMILES string of the molecule is CCCCCC1CCC(c2cc(F)c(C3=CCc4c(ccc(C#N)c4F)C3)c(F)c2)CC1. The van der Waals surface area contributed by atoms with E-state index >= 15 is 8.78 Å². The van der Waals surface area contributed by atoms with Crippen LogP contribution in [0.5, 0.6) is 0 Å². The molecule has 0 atom stereocenters. The molecule has 0 saturated heterocycles. The predicted octanol–water partition coefficient (Wildman–Crippen LogP) is 8.01. The number of rotatable bonds is 6. The highest BCUT2D eigenvalue weighted by Gasteiger charge is 2.26. The number of hydrogen-bond donors (Lipinski definition) is 0. The first-order valence-corrected chi connectivity index (χ1v) is 11.9. The molecule has 0 N–H and O–H groups in total. The van der Waals surface area contributed by atoms with Gasteiger partial charge < -0.3 is 0 Å². The lowest BCUT2D eigenvalue weighted by Gasteiger charge is -2.29. The van der Waals surface area contributed by atoms with Crippen LogP contribution in [0.15, 0.2) is 30.3 Å². The van der Waals surface area contributed by atoms with Gasteiger partial charge in [-0.1, -0.05) is 44.7 Å². The van der Waals surface area contributed by atoms with Crippen molar-refractivity contribution in [2.45, 2.75) is 77.0 Å². The van der Waals surface area contributed by atoms with Crippen LogP contribution in [-0.4, -0.2) is 0 Å². The van der Waals surface area contributed by atoms with Crippen LogP contribution in [-0.2, 0) is 12.8 Å². The van der Waals surface area contributed by atoms with Crippen LogP contribution >= 0.6 is 0 Å². The molecule has 0 radical (unpaired) electrons. The zero-order valence-electron chi connectivity index (χ0n) is 18.7. The lowest BCUT2D eigenvalue weighted by Crippen LogP contribution is -2.14. The second kappa shape index (κ2) is 9.94. The fourth-order valence-electron chi connectivity index (χ4n) is 5.43. The van der Waals surface area contributed by atoms with Gasteiger partial charge in [0, 0.05) is 5.56 Å². The highest BCUT2D eigenvalue weighted by molar-refractivity contribution is 5.72. The summed E-state index contributed by atoms with van der Waals surface area (Å²) in [5, 5.41) is 9.01. The first-order chi connectivity index (χ1) is 15.5. The average Bonchev–Trinajstić information content (AvgIpc) is 2.79. The largest absolute Gasteiger partial charge is 0.206 e. The Kier molecular flexibility index (Phi) is 7.04. The predicted molar refractivity (Wildman–Crippen MR) is 122 cm³/mol. The zero-order chi connectivity index (χ0) is 22.7. The fourth-order valence-corrected chi connectivity index (χ4v) is 5.43. The molecule has 168 valence electrons. The molecule has 0 aliphatic heterocycles. The maximum atomic E-state index is 15.1. The molecular weight excluding hydrogens is 407 g/mol. The van der Waals surface area contributed by atoms with Gasteiger partial charge in [0.15, 0.2) is 0 Å². The van der Waals surface area contributed by atoms with E-state index in [0.29, 0.717) is 16.7 Å². The normalized spacial score (nSPS) is 20.4. The summed E-state index contributed by atoms with van der Waals surface area (Å²) in [6, 6.07) is 7.99. The summed E-state index contributed by atoms with van der Waals surface area (Å²) in [6.45, 7) is 2.22. The molecule has 2 aromatic carbocycles. The van der Waals surface area contributed by atoms with Gasteiger partial charge in [-0.15, -0.1) is 0 Å². The van der Waals surface area contributed by atoms with Crippen molar-refractivity contribution in [2.24, 2.45) is 5.92 Å². The molecule has 0 bridgehead atoms. The number of halogens is 3. The van der Waals surface area contributed by atoms with Crippen molar-refractivity contribution >= 4 is 5.57 Å². The minimum absolute atomic E-state index is 0.00222. The molecule has 2 aliphatic rings. The van der Waals surface area contributed by atoms with Crippen molar-refractivity contribution in [3.63, 3.8) is 0 Å². The third-order valence-corrected chi connectivity index (χ3v) is 7.31. The molecule has 4 rings (SSSR count). The zero-order valence-corrected chi connectivity index (χ0v) is 18.7. The first kappa shape index (κ1) is 22.6. The van der Waals surface area contributed by atoms with Gasteiger partial charge in [0.25, 0.3) is 0 Å². The summed E-state index contributed by atoms with van der Waals surface area (Å²) in [5.74, 6) is -0.624. The topological polar surface area (TPSA) is 23.8 Å². The number of hydrogen-bond acceptors (Lipinski definition) is 1. The highest BCUT2D eigenvalue weighted by Crippen LogP contribution is 2.40. The summed E-state index contributed by atoms with van der Waals surface area (Å²) in [4.78, 5) is 0. The van der Waals surface area contributed by atoms with Crippen LogP contribution < -0.4 is 0 Å². The molecule has 0 heterocycles. The third kappa shape index (κ3) is 4.63. The van der Waals surface area contributed by atoms with Gasteiger partial charge in [-0.05, 0) is 90.8 Å². The number of benzene rings is 2. The molecule has 0 spiro atoms. The number of allylic oxidation sites excluding steroid dienone is 2. The molecule has 4 heteroatoms. The molecule has 0 unspecified atom stereocenters. The molecule has 0 amide bonds. The number of fused-ring (bicyclic) bond motifs is 1. The van der Waals surface area contributed by atoms with Gasteiger partial charge in [0.05, 0.1) is 5.56 Å². The van der Waals surface area contributed by atoms with Gasteiger partial charge in [0.1, 0.15) is 23.5 Å². The van der Waals surface area contributed by atoms with Crippen LogP contribution in [0.2, 0.25) is 0 Å². The maximum absolute atomic E-state index is 15.1. The average molecular weight is 438 g/mol. The van der Waals surface area contributed by atoms with Crippen molar-refractivity contribution < 1.29 is 13.2 Å². The van der Waals surface area contributed by atoms with Crippen molar-refractivity contribution in [1.82, 2.24) is 0 Å². The maximum Gasteiger partial charge on any atom is 0.144 e. The fraction of sp³-hybridized carbons (Fsp3) is 0.464. The summed E-state index contributed by atoms with van der Waals surface area (Å²) < 4.78 is 44.6. The van der Waals surface area contributed by atoms with Crippen molar-refractivity contribution in [1.29, 1.82) is 5.26 Å². The van der Waals surface area contributed by atoms with Gasteiger partial charge in [-0.3, -0.25) is 0 Å². The van der Waals surface area contributed by atoms with Crippen LogP contribution in [0.4, 0.5) is 13.2 Å². The van der Waals surface area contributed by atoms with Crippen molar-refractivity contribution in [2.75, 3.05) is 0 Å². The van der Waals surface area contributed by atoms with E-state index < -0.39 is 17.5 Å². The highest BCUT2D eigenvalue weighted by atomic mass is 19.1. The van der Waals surface area contributed by atoms with Crippen LogP contribution in [0, 0.1) is 34.7 Å². The molecule has 1 saturated carbocycles. The Bertz CT molecular complexity index is 1030. The number of nitriles is 1. The summed E-state index contributed by atoms with van der Waals surface area (Å²) in [6.07, 6.45) is 11.5. The molecule has 0 aromatic heterocycles. The van der Waals surface area contributed by atoms with E-state index in [1.54, 1.807) is 12.1 Å². The van der Waals surface area contributed by atoms with Crippen molar-refractivity contribution in [3.8, 4) is 6.07 Å². The van der Waals surface area contributed by atoms with Gasteiger partial charge in [-0.25, -0.2) is 13.2 Å². The number of nitrogens with zero attached hydrogens (tertiary/aromatic N) is 1. The summed E-state index contributed by atoms with van der Waals surface area (Å²) >= 11 is 0. The van der Waals surface area contributed by atoms with E-state index in [4.69, 9.17) is 5.26 Å². The van der Waals surface area contributed by atoms with E-state index in [0.717, 1.165) is 37.2 Å². The minimum atomic E-state index is -0.533. The Balaban J connectivity index is 1.48. The molecule has 1 nitrogen and oxygen atoms in total. The Morgan fingerprint density at radius 2 is 1.72 bits per heavy atom. The summed E-state index contributed by atoms with van der Waals surface area (Å²) in [7, 11) is 0. The van der Waals surface area contributed by atoms with E-state index in [2.05, 4.69) is 6.92 Å².